The van der Waals surface area contributed by atoms with E-state index in [9.17, 15) is 9.90 Å². The van der Waals surface area contributed by atoms with Gasteiger partial charge in [-0.1, -0.05) is 32.4 Å². The first-order chi connectivity index (χ1) is 9.13. The van der Waals surface area contributed by atoms with Crippen LogP contribution >= 0.6 is 0 Å². The SMILES string of the molecule is CC[C@@H](C)[C@H](Nc1ncnc2ccccc12)C(=O)[O-]. The third kappa shape index (κ3) is 2.81. The summed E-state index contributed by atoms with van der Waals surface area (Å²) in [4.78, 5) is 19.5. The van der Waals surface area contributed by atoms with Crippen LogP contribution in [-0.4, -0.2) is 22.0 Å². The van der Waals surface area contributed by atoms with Gasteiger partial charge in [0.15, 0.2) is 0 Å². The first-order valence-corrected chi connectivity index (χ1v) is 6.30. The van der Waals surface area contributed by atoms with E-state index in [1.807, 2.05) is 38.1 Å². The van der Waals surface area contributed by atoms with Crippen molar-refractivity contribution in [2.24, 2.45) is 5.92 Å². The van der Waals surface area contributed by atoms with Gasteiger partial charge in [0.2, 0.25) is 0 Å². The summed E-state index contributed by atoms with van der Waals surface area (Å²) in [7, 11) is 0. The number of fused-ring (bicyclic) bond motifs is 1. The Labute approximate surface area is 111 Å². The maximum Gasteiger partial charge on any atom is 0.137 e. The van der Waals surface area contributed by atoms with Gasteiger partial charge in [0.25, 0.3) is 0 Å². The fourth-order valence-corrected chi connectivity index (χ4v) is 1.94. The van der Waals surface area contributed by atoms with Crippen molar-refractivity contribution in [1.29, 1.82) is 0 Å². The second-order valence-corrected chi connectivity index (χ2v) is 4.57. The third-order valence-corrected chi connectivity index (χ3v) is 3.30. The van der Waals surface area contributed by atoms with Crippen LogP contribution in [-0.2, 0) is 4.79 Å². The molecule has 0 fully saturated rings. The number of benzene rings is 1. The van der Waals surface area contributed by atoms with Crippen molar-refractivity contribution in [3.63, 3.8) is 0 Å². The average Bonchev–Trinajstić information content (AvgIpc) is 2.43. The lowest BCUT2D eigenvalue weighted by atomic mass is 9.99. The van der Waals surface area contributed by atoms with Gasteiger partial charge in [-0.2, -0.15) is 0 Å². The zero-order valence-electron chi connectivity index (χ0n) is 11.0. The molecule has 0 aliphatic heterocycles. The molecule has 5 nitrogen and oxygen atoms in total. The monoisotopic (exact) mass is 258 g/mol. The summed E-state index contributed by atoms with van der Waals surface area (Å²) in [5.41, 5.74) is 0.779. The van der Waals surface area contributed by atoms with Crippen LogP contribution in [0, 0.1) is 5.92 Å². The minimum atomic E-state index is -1.11. The molecule has 19 heavy (non-hydrogen) atoms. The largest absolute Gasteiger partial charge is 0.548 e. The third-order valence-electron chi connectivity index (χ3n) is 3.30. The van der Waals surface area contributed by atoms with E-state index in [4.69, 9.17) is 0 Å². The molecule has 1 aromatic carbocycles. The van der Waals surface area contributed by atoms with Gasteiger partial charge < -0.3 is 15.2 Å². The Morgan fingerprint density at radius 3 is 2.79 bits per heavy atom. The van der Waals surface area contributed by atoms with Crippen LogP contribution in [0.1, 0.15) is 20.3 Å². The lowest BCUT2D eigenvalue weighted by Crippen LogP contribution is -2.45. The molecule has 5 heteroatoms. The maximum absolute atomic E-state index is 11.2. The van der Waals surface area contributed by atoms with E-state index in [1.165, 1.54) is 6.33 Å². The van der Waals surface area contributed by atoms with E-state index in [2.05, 4.69) is 15.3 Å². The van der Waals surface area contributed by atoms with Gasteiger partial charge in [-0.15, -0.1) is 0 Å². The van der Waals surface area contributed by atoms with Gasteiger partial charge in [0, 0.05) is 5.39 Å². The molecule has 100 valence electrons. The number of para-hydroxylation sites is 1. The number of rotatable bonds is 5. The number of hydrogen-bond donors (Lipinski definition) is 1. The molecular formula is C14H16N3O2-. The molecule has 2 rings (SSSR count). The number of nitrogens with zero attached hydrogens (tertiary/aromatic N) is 2. The number of nitrogens with one attached hydrogen (secondary N) is 1. The van der Waals surface area contributed by atoms with Crippen LogP contribution < -0.4 is 10.4 Å². The lowest BCUT2D eigenvalue weighted by Gasteiger charge is -2.26. The Balaban J connectivity index is 2.36. The van der Waals surface area contributed by atoms with Crippen LogP contribution in [0.25, 0.3) is 10.9 Å². The van der Waals surface area contributed by atoms with E-state index in [1.54, 1.807) is 0 Å². The number of aromatic nitrogens is 2. The first-order valence-electron chi connectivity index (χ1n) is 6.30. The van der Waals surface area contributed by atoms with Crippen LogP contribution in [0.15, 0.2) is 30.6 Å². The Morgan fingerprint density at radius 2 is 2.11 bits per heavy atom. The fourth-order valence-electron chi connectivity index (χ4n) is 1.94. The highest BCUT2D eigenvalue weighted by molar-refractivity contribution is 5.90. The van der Waals surface area contributed by atoms with Crippen LogP contribution in [0.4, 0.5) is 5.82 Å². The molecule has 2 atom stereocenters. The molecule has 0 aliphatic carbocycles. The van der Waals surface area contributed by atoms with Crippen LogP contribution in [0.2, 0.25) is 0 Å². The Bertz CT molecular complexity index is 580. The second kappa shape index (κ2) is 5.65. The number of carboxylic acids is 1. The number of hydrogen-bond acceptors (Lipinski definition) is 5. The van der Waals surface area contributed by atoms with Gasteiger partial charge in [-0.3, -0.25) is 0 Å². The summed E-state index contributed by atoms with van der Waals surface area (Å²) < 4.78 is 0. The summed E-state index contributed by atoms with van der Waals surface area (Å²) in [6.45, 7) is 3.82. The fraction of sp³-hybridized carbons (Fsp3) is 0.357. The van der Waals surface area contributed by atoms with E-state index < -0.39 is 12.0 Å². The van der Waals surface area contributed by atoms with E-state index >= 15 is 0 Å². The Morgan fingerprint density at radius 1 is 1.37 bits per heavy atom. The minimum Gasteiger partial charge on any atom is -0.548 e. The normalized spacial score (nSPS) is 14.0. The highest BCUT2D eigenvalue weighted by Gasteiger charge is 2.18. The van der Waals surface area contributed by atoms with Crippen molar-refractivity contribution in [2.75, 3.05) is 5.32 Å². The molecule has 1 heterocycles. The molecular weight excluding hydrogens is 242 g/mol. The van der Waals surface area contributed by atoms with E-state index in [-0.39, 0.29) is 5.92 Å². The highest BCUT2D eigenvalue weighted by atomic mass is 16.4. The Kier molecular flexibility index (Phi) is 3.94. The van der Waals surface area contributed by atoms with Crippen molar-refractivity contribution in [3.05, 3.63) is 30.6 Å². The van der Waals surface area contributed by atoms with E-state index in [0.717, 1.165) is 17.3 Å². The number of carboxylic acid groups (broad SMARTS) is 1. The van der Waals surface area contributed by atoms with E-state index in [0.29, 0.717) is 5.82 Å². The van der Waals surface area contributed by atoms with Crippen molar-refractivity contribution in [3.8, 4) is 0 Å². The molecule has 0 bridgehead atoms. The van der Waals surface area contributed by atoms with Gasteiger partial charge in [-0.25, -0.2) is 9.97 Å². The van der Waals surface area contributed by atoms with Crippen LogP contribution in [0.3, 0.4) is 0 Å². The zero-order chi connectivity index (χ0) is 13.8. The molecule has 0 spiro atoms. The standard InChI is InChI=1S/C14H17N3O2/c1-3-9(2)12(14(18)19)17-13-10-6-4-5-7-11(10)15-8-16-13/h4-9,12H,3H2,1-2H3,(H,18,19)(H,15,16,17)/p-1/t9-,12+/m1/s1. The molecule has 0 aliphatic rings. The molecule has 0 unspecified atom stereocenters. The first kappa shape index (κ1) is 13.3. The summed E-state index contributed by atoms with van der Waals surface area (Å²) in [6.07, 6.45) is 2.17. The van der Waals surface area contributed by atoms with Gasteiger partial charge >= 0.3 is 0 Å². The summed E-state index contributed by atoms with van der Waals surface area (Å²) >= 11 is 0. The minimum absolute atomic E-state index is 0.0428. The van der Waals surface area contributed by atoms with Gasteiger partial charge in [0.05, 0.1) is 17.5 Å². The second-order valence-electron chi connectivity index (χ2n) is 4.57. The summed E-state index contributed by atoms with van der Waals surface area (Å²) in [6, 6.07) is 6.71. The van der Waals surface area contributed by atoms with Crippen LogP contribution in [0.5, 0.6) is 0 Å². The van der Waals surface area contributed by atoms with Crippen molar-refractivity contribution >= 4 is 22.7 Å². The molecule has 1 N–H and O–H groups in total. The number of aliphatic carboxylic acids is 1. The highest BCUT2D eigenvalue weighted by Crippen LogP contribution is 2.21. The number of carbonyl (C=O) groups excluding carboxylic acids is 1. The van der Waals surface area contributed by atoms with Crippen molar-refractivity contribution < 1.29 is 9.90 Å². The summed E-state index contributed by atoms with van der Waals surface area (Å²) in [5.74, 6) is -0.629. The van der Waals surface area contributed by atoms with Gasteiger partial charge in [-0.05, 0) is 18.1 Å². The topological polar surface area (TPSA) is 77.9 Å². The maximum atomic E-state index is 11.2. The molecule has 2 aromatic rings. The predicted molar refractivity (Wildman–Crippen MR) is 71.4 cm³/mol. The Hall–Kier alpha value is -2.17. The molecule has 0 saturated carbocycles. The molecule has 0 saturated heterocycles. The van der Waals surface area contributed by atoms with Crippen molar-refractivity contribution in [1.82, 2.24) is 9.97 Å². The lowest BCUT2D eigenvalue weighted by molar-refractivity contribution is -0.307. The predicted octanol–water partition coefficient (Wildman–Crippen LogP) is 1.21. The number of carbonyl (C=O) groups is 1. The molecule has 0 amide bonds. The van der Waals surface area contributed by atoms with Crippen molar-refractivity contribution in [2.45, 2.75) is 26.3 Å². The molecule has 0 radical (unpaired) electrons. The van der Waals surface area contributed by atoms with Gasteiger partial charge in [0.1, 0.15) is 12.1 Å². The molecule has 1 aromatic heterocycles. The zero-order valence-corrected chi connectivity index (χ0v) is 11.0. The summed E-state index contributed by atoms with van der Waals surface area (Å²) in [5, 5.41) is 15.0. The quantitative estimate of drug-likeness (QED) is 0.872. The average molecular weight is 258 g/mol. The smallest absolute Gasteiger partial charge is 0.137 e. The number of anilines is 1.